The first-order chi connectivity index (χ1) is 13.2. The third kappa shape index (κ3) is 15.9. The Hall–Kier alpha value is -0.830. The van der Waals surface area contributed by atoms with E-state index in [-0.39, 0.29) is 5.97 Å². The van der Waals surface area contributed by atoms with Gasteiger partial charge in [-0.3, -0.25) is 0 Å². The average Bonchev–Trinajstić information content (AvgIpc) is 2.67. The number of ether oxygens (including phenoxy) is 2. The molecule has 0 radical (unpaired) electrons. The van der Waals surface area contributed by atoms with Crippen molar-refractivity contribution in [2.75, 3.05) is 19.8 Å². The van der Waals surface area contributed by atoms with Gasteiger partial charge in [-0.25, -0.2) is 4.79 Å². The Bertz CT molecular complexity index is 374. The van der Waals surface area contributed by atoms with Crippen LogP contribution in [0.4, 0.5) is 0 Å². The molecule has 0 bridgehead atoms. The standard InChI is InChI=1S/C24H46O3/c1-5-8-10-11-12-13-14-15-16-17-18-23(19-21-26-20-9-6-2)22(4)24(25)27-7-3/h5-21H2,1-4H3. The second-order valence-electron chi connectivity index (χ2n) is 7.60. The number of esters is 1. The molecule has 3 nitrogen and oxygen atoms in total. The quantitative estimate of drug-likeness (QED) is 0.133. The summed E-state index contributed by atoms with van der Waals surface area (Å²) in [6, 6.07) is 0. The maximum atomic E-state index is 12.1. The van der Waals surface area contributed by atoms with E-state index < -0.39 is 0 Å². The number of hydrogen-bond donors (Lipinski definition) is 0. The average molecular weight is 383 g/mol. The van der Waals surface area contributed by atoms with Crippen molar-refractivity contribution in [3.8, 4) is 0 Å². The molecule has 160 valence electrons. The molecule has 3 heteroatoms. The molecule has 0 saturated heterocycles. The highest BCUT2D eigenvalue weighted by molar-refractivity contribution is 5.88. The molecule has 0 unspecified atom stereocenters. The summed E-state index contributed by atoms with van der Waals surface area (Å²) >= 11 is 0. The van der Waals surface area contributed by atoms with E-state index in [2.05, 4.69) is 13.8 Å². The van der Waals surface area contributed by atoms with Gasteiger partial charge >= 0.3 is 5.97 Å². The van der Waals surface area contributed by atoms with E-state index in [1.165, 1.54) is 63.4 Å². The topological polar surface area (TPSA) is 35.5 Å². The normalized spacial score (nSPS) is 12.1. The fraction of sp³-hybridized carbons (Fsp3) is 0.875. The number of rotatable bonds is 19. The van der Waals surface area contributed by atoms with E-state index >= 15 is 0 Å². The highest BCUT2D eigenvalue weighted by Gasteiger charge is 2.12. The zero-order valence-electron chi connectivity index (χ0n) is 18.7. The van der Waals surface area contributed by atoms with Gasteiger partial charge in [-0.15, -0.1) is 0 Å². The molecule has 0 N–H and O–H groups in total. The van der Waals surface area contributed by atoms with Gasteiger partial charge in [-0.2, -0.15) is 0 Å². The van der Waals surface area contributed by atoms with E-state index in [4.69, 9.17) is 9.47 Å². The molecule has 0 saturated carbocycles. The van der Waals surface area contributed by atoms with Crippen LogP contribution >= 0.6 is 0 Å². The van der Waals surface area contributed by atoms with Crippen molar-refractivity contribution in [2.45, 2.75) is 118 Å². The van der Waals surface area contributed by atoms with Crippen LogP contribution in [-0.4, -0.2) is 25.8 Å². The van der Waals surface area contributed by atoms with E-state index in [0.29, 0.717) is 13.2 Å². The summed E-state index contributed by atoms with van der Waals surface area (Å²) in [6.07, 6.45) is 17.5. The van der Waals surface area contributed by atoms with Crippen LogP contribution in [0.5, 0.6) is 0 Å². The van der Waals surface area contributed by atoms with E-state index in [9.17, 15) is 4.79 Å². The molecule has 0 fully saturated rings. The molecule has 0 aliphatic rings. The molecule has 0 rings (SSSR count). The highest BCUT2D eigenvalue weighted by atomic mass is 16.5. The Kier molecular flexibility index (Phi) is 19.3. The first-order valence-electron chi connectivity index (χ1n) is 11.6. The maximum absolute atomic E-state index is 12.1. The Morgan fingerprint density at radius 1 is 0.667 bits per heavy atom. The Morgan fingerprint density at radius 3 is 1.78 bits per heavy atom. The molecule has 0 aromatic rings. The maximum Gasteiger partial charge on any atom is 0.333 e. The second-order valence-corrected chi connectivity index (χ2v) is 7.60. The molecule has 0 amide bonds. The van der Waals surface area contributed by atoms with Crippen molar-refractivity contribution in [3.63, 3.8) is 0 Å². The van der Waals surface area contributed by atoms with Gasteiger partial charge in [0.05, 0.1) is 13.2 Å². The molecule has 0 spiro atoms. The fourth-order valence-electron chi connectivity index (χ4n) is 3.25. The predicted octanol–water partition coefficient (Wildman–Crippen LogP) is 7.38. The summed E-state index contributed by atoms with van der Waals surface area (Å²) in [5.41, 5.74) is 2.02. The van der Waals surface area contributed by atoms with Gasteiger partial charge in [0.15, 0.2) is 0 Å². The van der Waals surface area contributed by atoms with Crippen molar-refractivity contribution in [1.29, 1.82) is 0 Å². The predicted molar refractivity (Wildman–Crippen MR) is 116 cm³/mol. The van der Waals surface area contributed by atoms with Crippen LogP contribution in [-0.2, 0) is 14.3 Å². The Morgan fingerprint density at radius 2 is 1.22 bits per heavy atom. The third-order valence-corrected chi connectivity index (χ3v) is 5.13. The fourth-order valence-corrected chi connectivity index (χ4v) is 3.25. The Labute approximate surface area is 169 Å². The molecular weight excluding hydrogens is 336 g/mol. The first-order valence-corrected chi connectivity index (χ1v) is 11.6. The largest absolute Gasteiger partial charge is 0.463 e. The summed E-state index contributed by atoms with van der Waals surface area (Å²) in [4.78, 5) is 12.1. The van der Waals surface area contributed by atoms with Crippen molar-refractivity contribution < 1.29 is 14.3 Å². The number of carbonyl (C=O) groups excluding carboxylic acids is 1. The van der Waals surface area contributed by atoms with E-state index in [0.717, 1.165) is 44.3 Å². The van der Waals surface area contributed by atoms with Crippen LogP contribution in [0.25, 0.3) is 0 Å². The zero-order chi connectivity index (χ0) is 20.2. The molecule has 0 atom stereocenters. The summed E-state index contributed by atoms with van der Waals surface area (Å²) < 4.78 is 10.9. The lowest BCUT2D eigenvalue weighted by Crippen LogP contribution is -2.09. The first kappa shape index (κ1) is 26.2. The minimum atomic E-state index is -0.159. The molecule has 0 aromatic carbocycles. The van der Waals surface area contributed by atoms with Crippen LogP contribution in [0.15, 0.2) is 11.1 Å². The van der Waals surface area contributed by atoms with Gasteiger partial charge in [-0.1, -0.05) is 83.6 Å². The van der Waals surface area contributed by atoms with Crippen molar-refractivity contribution in [3.05, 3.63) is 11.1 Å². The van der Waals surface area contributed by atoms with Gasteiger partial charge in [0.1, 0.15) is 0 Å². The summed E-state index contributed by atoms with van der Waals surface area (Å²) in [7, 11) is 0. The minimum Gasteiger partial charge on any atom is -0.463 e. The summed E-state index contributed by atoms with van der Waals surface area (Å²) in [6.45, 7) is 10.2. The third-order valence-electron chi connectivity index (χ3n) is 5.13. The highest BCUT2D eigenvalue weighted by Crippen LogP contribution is 2.20. The lowest BCUT2D eigenvalue weighted by atomic mass is 9.98. The Balaban J connectivity index is 4.09. The second kappa shape index (κ2) is 19.9. The smallest absolute Gasteiger partial charge is 0.333 e. The molecule has 0 aliphatic heterocycles. The molecule has 0 heterocycles. The van der Waals surface area contributed by atoms with Crippen LogP contribution < -0.4 is 0 Å². The molecule has 27 heavy (non-hydrogen) atoms. The lowest BCUT2D eigenvalue weighted by molar-refractivity contribution is -0.138. The van der Waals surface area contributed by atoms with Crippen LogP contribution in [0.3, 0.4) is 0 Å². The van der Waals surface area contributed by atoms with Crippen molar-refractivity contribution in [2.24, 2.45) is 0 Å². The molecule has 0 aliphatic carbocycles. The molecule has 0 aromatic heterocycles. The number of unbranched alkanes of at least 4 members (excludes halogenated alkanes) is 10. The zero-order valence-corrected chi connectivity index (χ0v) is 18.7. The molecular formula is C24H46O3. The SMILES string of the molecule is CCCCCCCCCCCCC(CCOCCCC)=C(C)C(=O)OCC. The van der Waals surface area contributed by atoms with E-state index in [1.807, 2.05) is 13.8 Å². The minimum absolute atomic E-state index is 0.159. The van der Waals surface area contributed by atoms with Gasteiger partial charge in [0.25, 0.3) is 0 Å². The monoisotopic (exact) mass is 382 g/mol. The van der Waals surface area contributed by atoms with Gasteiger partial charge in [0, 0.05) is 12.2 Å². The van der Waals surface area contributed by atoms with Gasteiger partial charge in [0.2, 0.25) is 0 Å². The van der Waals surface area contributed by atoms with Crippen LogP contribution in [0.1, 0.15) is 118 Å². The van der Waals surface area contributed by atoms with Crippen molar-refractivity contribution >= 4 is 5.97 Å². The van der Waals surface area contributed by atoms with Gasteiger partial charge < -0.3 is 9.47 Å². The van der Waals surface area contributed by atoms with Crippen molar-refractivity contribution in [1.82, 2.24) is 0 Å². The van der Waals surface area contributed by atoms with Gasteiger partial charge in [-0.05, 0) is 39.5 Å². The van der Waals surface area contributed by atoms with Crippen LogP contribution in [0.2, 0.25) is 0 Å². The number of carbonyl (C=O) groups is 1. The van der Waals surface area contributed by atoms with E-state index in [1.54, 1.807) is 0 Å². The summed E-state index contributed by atoms with van der Waals surface area (Å²) in [5.74, 6) is -0.159. The summed E-state index contributed by atoms with van der Waals surface area (Å²) in [5, 5.41) is 0. The van der Waals surface area contributed by atoms with Crippen LogP contribution in [0, 0.1) is 0 Å². The lowest BCUT2D eigenvalue weighted by Gasteiger charge is -2.12. The number of hydrogen-bond acceptors (Lipinski definition) is 3.